The van der Waals surface area contributed by atoms with Gasteiger partial charge in [0, 0.05) is 22.8 Å². The average Bonchev–Trinajstić information content (AvgIpc) is 2.23. The zero-order chi connectivity index (χ0) is 11.1. The molecule has 15 heavy (non-hydrogen) atoms. The van der Waals surface area contributed by atoms with Crippen molar-refractivity contribution in [2.24, 2.45) is 0 Å². The van der Waals surface area contributed by atoms with Crippen molar-refractivity contribution in [2.75, 3.05) is 0 Å². The van der Waals surface area contributed by atoms with Gasteiger partial charge in [-0.2, -0.15) is 0 Å². The van der Waals surface area contributed by atoms with Gasteiger partial charge in [-0.05, 0) is 32.9 Å². The molecule has 0 aliphatic heterocycles. The summed E-state index contributed by atoms with van der Waals surface area (Å²) in [6, 6.07) is 7.00. The summed E-state index contributed by atoms with van der Waals surface area (Å²) in [5, 5.41) is 0. The van der Waals surface area contributed by atoms with Crippen molar-refractivity contribution in [2.45, 2.75) is 20.8 Å². The summed E-state index contributed by atoms with van der Waals surface area (Å²) in [5.74, 6) is 17.5. The molecule has 0 atom stereocenters. The number of benzene rings is 1. The zero-order valence-electron chi connectivity index (χ0n) is 9.15. The smallest absolute Gasteiger partial charge is 0.0493 e. The minimum atomic E-state index is 0.826. The fraction of sp³-hybridized carbons (Fsp3) is 0.200. The first-order chi connectivity index (χ1) is 7.31. The summed E-state index contributed by atoms with van der Waals surface area (Å²) in [6.45, 7) is 5.41. The minimum Gasteiger partial charge on any atom is -0.101 e. The van der Waals surface area contributed by atoms with Crippen LogP contribution in [0.2, 0.25) is 0 Å². The Bertz CT molecular complexity index is 529. The Balaban J connectivity index is 3.32. The van der Waals surface area contributed by atoms with Crippen LogP contribution in [0.1, 0.15) is 37.5 Å². The Morgan fingerprint density at radius 2 is 1.53 bits per heavy atom. The third-order valence-electron chi connectivity index (χ3n) is 1.72. The largest absolute Gasteiger partial charge is 0.101 e. The first-order valence-electron chi connectivity index (χ1n) is 4.66. The molecule has 1 aromatic rings. The molecule has 0 heterocycles. The van der Waals surface area contributed by atoms with Crippen LogP contribution in [0, 0.1) is 41.6 Å². The normalized spacial score (nSPS) is 7.40. The van der Waals surface area contributed by atoms with Gasteiger partial charge in [-0.1, -0.05) is 17.8 Å². The maximum atomic E-state index is 3.15. The van der Waals surface area contributed by atoms with E-state index in [4.69, 9.17) is 0 Å². The Kier molecular flexibility index (Phi) is 4.09. The standard InChI is InChI=1S/C15H11/c1-4-7-13-10-11-14(8-5-2)15(12-13)9-6-3/h10-11H,1-3H3. The molecule has 0 heteroatoms. The summed E-state index contributed by atoms with van der Waals surface area (Å²) >= 11 is 0. The van der Waals surface area contributed by atoms with Gasteiger partial charge >= 0.3 is 0 Å². The van der Waals surface area contributed by atoms with E-state index in [0.717, 1.165) is 16.7 Å². The van der Waals surface area contributed by atoms with E-state index in [1.807, 2.05) is 19.1 Å². The van der Waals surface area contributed by atoms with Crippen LogP contribution in [0.4, 0.5) is 0 Å². The van der Waals surface area contributed by atoms with Crippen LogP contribution >= 0.6 is 0 Å². The molecule has 0 saturated heterocycles. The van der Waals surface area contributed by atoms with Crippen molar-refractivity contribution in [1.29, 1.82) is 0 Å². The van der Waals surface area contributed by atoms with Crippen molar-refractivity contribution in [3.05, 3.63) is 34.9 Å². The lowest BCUT2D eigenvalue weighted by Crippen LogP contribution is -1.86. The predicted molar refractivity (Wildman–Crippen MR) is 62.9 cm³/mol. The van der Waals surface area contributed by atoms with Gasteiger partial charge in [0.05, 0.1) is 0 Å². The molecular formula is C15H11. The van der Waals surface area contributed by atoms with Crippen LogP contribution in [-0.4, -0.2) is 0 Å². The summed E-state index contributed by atoms with van der Waals surface area (Å²) in [6.07, 6.45) is 0. The highest BCUT2D eigenvalue weighted by atomic mass is 14.0. The second kappa shape index (κ2) is 5.59. The molecule has 0 unspecified atom stereocenters. The van der Waals surface area contributed by atoms with E-state index in [1.165, 1.54) is 0 Å². The van der Waals surface area contributed by atoms with Crippen molar-refractivity contribution in [3.8, 4) is 35.5 Å². The average molecular weight is 191 g/mol. The summed E-state index contributed by atoms with van der Waals surface area (Å²) in [4.78, 5) is 0. The predicted octanol–water partition coefficient (Wildman–Crippen LogP) is 2.60. The lowest BCUT2D eigenvalue weighted by atomic mass is 10.0. The van der Waals surface area contributed by atoms with Gasteiger partial charge in [0.25, 0.3) is 0 Å². The molecule has 0 saturated carbocycles. The number of rotatable bonds is 0. The fourth-order valence-corrected chi connectivity index (χ4v) is 1.16. The van der Waals surface area contributed by atoms with Crippen molar-refractivity contribution in [1.82, 2.24) is 0 Å². The first kappa shape index (κ1) is 11.0. The molecule has 0 nitrogen and oxygen atoms in total. The van der Waals surface area contributed by atoms with E-state index in [0.29, 0.717) is 0 Å². The first-order valence-corrected chi connectivity index (χ1v) is 4.66. The van der Waals surface area contributed by atoms with E-state index in [2.05, 4.69) is 41.6 Å². The van der Waals surface area contributed by atoms with E-state index < -0.39 is 0 Å². The molecule has 0 spiro atoms. The molecule has 1 aromatic carbocycles. The SMILES string of the molecule is CC#Cc1[c]c(C#CC)c(C#CC)cc1. The lowest BCUT2D eigenvalue weighted by molar-refractivity contribution is 1.53. The van der Waals surface area contributed by atoms with Gasteiger partial charge in [0.15, 0.2) is 0 Å². The van der Waals surface area contributed by atoms with Gasteiger partial charge in [-0.3, -0.25) is 0 Å². The van der Waals surface area contributed by atoms with Crippen LogP contribution < -0.4 is 0 Å². The maximum Gasteiger partial charge on any atom is 0.0493 e. The highest BCUT2D eigenvalue weighted by Gasteiger charge is 1.98. The van der Waals surface area contributed by atoms with Crippen LogP contribution in [-0.2, 0) is 0 Å². The fourth-order valence-electron chi connectivity index (χ4n) is 1.16. The molecular weight excluding hydrogens is 180 g/mol. The summed E-state index contributed by atoms with van der Waals surface area (Å²) in [7, 11) is 0. The molecule has 1 radical (unpaired) electrons. The van der Waals surface area contributed by atoms with Crippen LogP contribution in [0.25, 0.3) is 0 Å². The van der Waals surface area contributed by atoms with Gasteiger partial charge < -0.3 is 0 Å². The maximum absolute atomic E-state index is 3.15. The van der Waals surface area contributed by atoms with Crippen molar-refractivity contribution < 1.29 is 0 Å². The lowest BCUT2D eigenvalue weighted by Gasteiger charge is -1.96. The molecule has 0 aliphatic rings. The van der Waals surface area contributed by atoms with Gasteiger partial charge in [-0.25, -0.2) is 0 Å². The molecule has 0 amide bonds. The Morgan fingerprint density at radius 1 is 0.867 bits per heavy atom. The molecule has 1 rings (SSSR count). The Labute approximate surface area is 91.7 Å². The molecule has 71 valence electrons. The molecule has 0 aliphatic carbocycles. The van der Waals surface area contributed by atoms with E-state index in [9.17, 15) is 0 Å². The summed E-state index contributed by atoms with van der Waals surface area (Å²) < 4.78 is 0. The minimum absolute atomic E-state index is 0.826. The van der Waals surface area contributed by atoms with Gasteiger partial charge in [-0.15, -0.1) is 17.8 Å². The molecule has 0 aromatic heterocycles. The third-order valence-corrected chi connectivity index (χ3v) is 1.72. The van der Waals surface area contributed by atoms with Gasteiger partial charge in [0.2, 0.25) is 0 Å². The highest BCUT2D eigenvalue weighted by Crippen LogP contribution is 2.08. The third kappa shape index (κ3) is 2.95. The van der Waals surface area contributed by atoms with E-state index in [1.54, 1.807) is 13.8 Å². The second-order valence-corrected chi connectivity index (χ2v) is 2.79. The quantitative estimate of drug-likeness (QED) is 0.553. The van der Waals surface area contributed by atoms with Crippen molar-refractivity contribution in [3.63, 3.8) is 0 Å². The molecule has 0 bridgehead atoms. The topological polar surface area (TPSA) is 0 Å². The van der Waals surface area contributed by atoms with Crippen LogP contribution in [0.5, 0.6) is 0 Å². The van der Waals surface area contributed by atoms with E-state index >= 15 is 0 Å². The van der Waals surface area contributed by atoms with E-state index in [-0.39, 0.29) is 0 Å². The number of hydrogen-bond acceptors (Lipinski definition) is 0. The molecule has 0 N–H and O–H groups in total. The monoisotopic (exact) mass is 191 g/mol. The van der Waals surface area contributed by atoms with Crippen LogP contribution in [0.15, 0.2) is 12.1 Å². The van der Waals surface area contributed by atoms with Crippen LogP contribution in [0.3, 0.4) is 0 Å². The number of hydrogen-bond donors (Lipinski definition) is 0. The summed E-state index contributed by atoms with van der Waals surface area (Å²) in [5.41, 5.74) is 2.59. The Morgan fingerprint density at radius 3 is 2.13 bits per heavy atom. The highest BCUT2D eigenvalue weighted by molar-refractivity contribution is 5.53. The second-order valence-electron chi connectivity index (χ2n) is 2.79. The Hall–Kier alpha value is -2.10. The zero-order valence-corrected chi connectivity index (χ0v) is 9.15. The van der Waals surface area contributed by atoms with Gasteiger partial charge in [0.1, 0.15) is 0 Å². The molecule has 0 fully saturated rings. The van der Waals surface area contributed by atoms with Crippen molar-refractivity contribution >= 4 is 0 Å².